The summed E-state index contributed by atoms with van der Waals surface area (Å²) in [5, 5.41) is 0. The predicted molar refractivity (Wildman–Crippen MR) is 93.8 cm³/mol. The van der Waals surface area contributed by atoms with Gasteiger partial charge < -0.3 is 9.47 Å². The zero-order chi connectivity index (χ0) is 32.6. The molecule has 0 aliphatic heterocycles. The molecule has 0 unspecified atom stereocenters. The van der Waals surface area contributed by atoms with Crippen molar-refractivity contribution < 1.29 is 93.7 Å². The normalized spacial score (nSPS) is 15.0. The van der Waals surface area contributed by atoms with Crippen molar-refractivity contribution in [2.75, 3.05) is 6.61 Å². The molecular formula is C17H17F17N2O4. The van der Waals surface area contributed by atoms with Crippen molar-refractivity contribution >= 4 is 12.2 Å². The first-order valence-corrected chi connectivity index (χ1v) is 9.88. The summed E-state index contributed by atoms with van der Waals surface area (Å²) in [6.45, 7) is 2.63. The fourth-order valence-electron chi connectivity index (χ4n) is 2.25. The number of alkyl halides is 17. The van der Waals surface area contributed by atoms with Gasteiger partial charge in [-0.3, -0.25) is 0 Å². The summed E-state index contributed by atoms with van der Waals surface area (Å²) in [6.07, 6.45) is -15.4. The number of hydrogen-bond donors (Lipinski definition) is 2. The van der Waals surface area contributed by atoms with Crippen molar-refractivity contribution in [2.24, 2.45) is 0 Å². The SMILES string of the molecule is CC(C)(C)OC(=O)NNC(=O)OCCCC(F)(F)C(F)(F)C(F)(F)C(F)(F)C(F)(F)C(F)(F)C(F)(F)C(F)(F)F. The topological polar surface area (TPSA) is 76.7 Å². The molecule has 0 aliphatic carbocycles. The van der Waals surface area contributed by atoms with E-state index in [2.05, 4.69) is 9.47 Å². The van der Waals surface area contributed by atoms with Crippen LogP contribution in [0.3, 0.4) is 0 Å². The fraction of sp³-hybridized carbons (Fsp3) is 0.882. The van der Waals surface area contributed by atoms with Crippen LogP contribution in [-0.4, -0.2) is 72.0 Å². The number of nitrogens with one attached hydrogen (secondary N) is 2. The lowest BCUT2D eigenvalue weighted by atomic mass is 9.88. The van der Waals surface area contributed by atoms with Crippen LogP contribution < -0.4 is 10.9 Å². The van der Waals surface area contributed by atoms with Gasteiger partial charge in [-0.15, -0.1) is 0 Å². The summed E-state index contributed by atoms with van der Waals surface area (Å²) in [7, 11) is 0. The molecule has 2 amide bonds. The Balaban J connectivity index is 5.68. The predicted octanol–water partition coefficient (Wildman–Crippen LogP) is 6.94. The van der Waals surface area contributed by atoms with Gasteiger partial charge in [0.15, 0.2) is 0 Å². The maximum atomic E-state index is 13.7. The molecule has 0 radical (unpaired) electrons. The Morgan fingerprint density at radius 2 is 0.900 bits per heavy atom. The van der Waals surface area contributed by atoms with Crippen LogP contribution in [0.4, 0.5) is 84.2 Å². The van der Waals surface area contributed by atoms with Crippen LogP contribution in [0, 0.1) is 0 Å². The first-order valence-electron chi connectivity index (χ1n) is 9.88. The van der Waals surface area contributed by atoms with Gasteiger partial charge in [-0.25, -0.2) is 20.4 Å². The molecule has 0 spiro atoms. The maximum absolute atomic E-state index is 13.7. The van der Waals surface area contributed by atoms with E-state index >= 15 is 0 Å². The van der Waals surface area contributed by atoms with E-state index in [-0.39, 0.29) is 0 Å². The van der Waals surface area contributed by atoms with Crippen molar-refractivity contribution in [1.82, 2.24) is 10.9 Å². The molecule has 0 bridgehead atoms. The quantitative estimate of drug-likeness (QED) is 0.155. The van der Waals surface area contributed by atoms with Gasteiger partial charge in [0, 0.05) is 6.42 Å². The molecule has 0 aromatic rings. The van der Waals surface area contributed by atoms with E-state index in [1.807, 2.05) is 0 Å². The van der Waals surface area contributed by atoms with E-state index in [0.717, 1.165) is 0 Å². The van der Waals surface area contributed by atoms with Gasteiger partial charge in [-0.05, 0) is 27.2 Å². The zero-order valence-corrected chi connectivity index (χ0v) is 19.7. The van der Waals surface area contributed by atoms with E-state index in [4.69, 9.17) is 0 Å². The molecule has 0 fully saturated rings. The summed E-state index contributed by atoms with van der Waals surface area (Å²) >= 11 is 0. The molecule has 0 rings (SSSR count). The molecule has 0 aliphatic rings. The van der Waals surface area contributed by atoms with Crippen LogP contribution in [0.5, 0.6) is 0 Å². The molecule has 23 heteroatoms. The number of carbonyl (C=O) groups is 2. The number of carbonyl (C=O) groups excluding carboxylic acids is 2. The average molecular weight is 636 g/mol. The minimum absolute atomic E-state index is 1.09. The number of hydrazine groups is 1. The standard InChI is InChI=1S/C17H17F17N2O4/c1-9(2,3)40-8(38)36-35-7(37)39-6-4-5-10(18,19)11(20,21)12(22,23)13(24,25)14(26,27)15(28,29)16(30,31)17(32,33)34/h4-6H2,1-3H3,(H,35,37)(H,36,38). The third-order valence-corrected chi connectivity index (χ3v) is 4.32. The molecule has 0 saturated carbocycles. The van der Waals surface area contributed by atoms with Crippen LogP contribution in [0.15, 0.2) is 0 Å². The molecule has 0 saturated heterocycles. The van der Waals surface area contributed by atoms with Crippen LogP contribution in [-0.2, 0) is 9.47 Å². The summed E-state index contributed by atoms with van der Waals surface area (Å²) in [6, 6.07) is 0. The lowest BCUT2D eigenvalue weighted by molar-refractivity contribution is -0.461. The highest BCUT2D eigenvalue weighted by molar-refractivity contribution is 5.73. The van der Waals surface area contributed by atoms with Crippen molar-refractivity contribution in [2.45, 2.75) is 86.8 Å². The van der Waals surface area contributed by atoms with E-state index in [0.29, 0.717) is 0 Å². The minimum atomic E-state index is -8.70. The highest BCUT2D eigenvalue weighted by atomic mass is 19.4. The fourth-order valence-corrected chi connectivity index (χ4v) is 2.25. The Labute approximate surface area is 211 Å². The first-order chi connectivity index (χ1) is 17.2. The Bertz CT molecular complexity index is 913. The van der Waals surface area contributed by atoms with Crippen LogP contribution >= 0.6 is 0 Å². The van der Waals surface area contributed by atoms with Crippen molar-refractivity contribution in [3.05, 3.63) is 0 Å². The number of ether oxygens (including phenoxy) is 2. The number of halogens is 17. The van der Waals surface area contributed by atoms with Crippen LogP contribution in [0.25, 0.3) is 0 Å². The summed E-state index contributed by atoms with van der Waals surface area (Å²) in [5.74, 6) is -57.0. The number of rotatable bonds is 10. The first kappa shape index (κ1) is 37.4. The molecule has 2 N–H and O–H groups in total. The second kappa shape index (κ2) is 11.0. The van der Waals surface area contributed by atoms with Crippen LogP contribution in [0.2, 0.25) is 0 Å². The lowest BCUT2D eigenvalue weighted by Crippen LogP contribution is -2.74. The number of hydrogen-bond acceptors (Lipinski definition) is 4. The monoisotopic (exact) mass is 636 g/mol. The molecule has 0 heterocycles. The summed E-state index contributed by atoms with van der Waals surface area (Å²) < 4.78 is 233. The number of amides is 2. The average Bonchev–Trinajstić information content (AvgIpc) is 2.72. The smallest absolute Gasteiger partial charge is 0.448 e. The molecule has 0 aromatic carbocycles. The largest absolute Gasteiger partial charge is 0.460 e. The summed E-state index contributed by atoms with van der Waals surface area (Å²) in [5.41, 5.74) is 1.81. The third kappa shape index (κ3) is 6.79. The Morgan fingerprint density at radius 1 is 0.550 bits per heavy atom. The Kier molecular flexibility index (Phi) is 10.2. The van der Waals surface area contributed by atoms with E-state index in [9.17, 15) is 84.2 Å². The van der Waals surface area contributed by atoms with E-state index in [1.54, 1.807) is 0 Å². The van der Waals surface area contributed by atoms with E-state index < -0.39 is 84.9 Å². The van der Waals surface area contributed by atoms with Gasteiger partial charge in [0.05, 0.1) is 6.61 Å². The molecular weight excluding hydrogens is 619 g/mol. The van der Waals surface area contributed by atoms with Crippen molar-refractivity contribution in [3.8, 4) is 0 Å². The lowest BCUT2D eigenvalue weighted by Gasteiger charge is -2.42. The van der Waals surface area contributed by atoms with Gasteiger partial charge in [-0.2, -0.15) is 74.6 Å². The van der Waals surface area contributed by atoms with Gasteiger partial charge in [0.2, 0.25) is 0 Å². The van der Waals surface area contributed by atoms with Gasteiger partial charge >= 0.3 is 59.8 Å². The Hall–Kier alpha value is -2.65. The second-order valence-corrected chi connectivity index (χ2v) is 8.64. The molecule has 238 valence electrons. The van der Waals surface area contributed by atoms with Gasteiger partial charge in [0.1, 0.15) is 5.60 Å². The molecule has 40 heavy (non-hydrogen) atoms. The minimum Gasteiger partial charge on any atom is -0.448 e. The maximum Gasteiger partial charge on any atom is 0.460 e. The highest BCUT2D eigenvalue weighted by Crippen LogP contribution is 2.64. The third-order valence-electron chi connectivity index (χ3n) is 4.32. The molecule has 0 aromatic heterocycles. The molecule has 0 atom stereocenters. The van der Waals surface area contributed by atoms with Crippen molar-refractivity contribution in [1.29, 1.82) is 0 Å². The Morgan fingerprint density at radius 3 is 1.27 bits per heavy atom. The van der Waals surface area contributed by atoms with Gasteiger partial charge in [0.25, 0.3) is 0 Å². The zero-order valence-electron chi connectivity index (χ0n) is 19.7. The second-order valence-electron chi connectivity index (χ2n) is 8.64. The van der Waals surface area contributed by atoms with Crippen molar-refractivity contribution in [3.63, 3.8) is 0 Å². The van der Waals surface area contributed by atoms with Crippen LogP contribution in [0.1, 0.15) is 33.6 Å². The van der Waals surface area contributed by atoms with Gasteiger partial charge in [-0.1, -0.05) is 0 Å². The summed E-state index contributed by atoms with van der Waals surface area (Å²) in [4.78, 5) is 22.5. The molecule has 6 nitrogen and oxygen atoms in total. The van der Waals surface area contributed by atoms with E-state index in [1.165, 1.54) is 31.6 Å². The highest BCUT2D eigenvalue weighted by Gasteiger charge is 2.95.